The zero-order chi connectivity index (χ0) is 14.9. The van der Waals surface area contributed by atoms with Gasteiger partial charge in [-0.25, -0.2) is 4.68 Å². The number of aromatic nitrogens is 2. The molecule has 1 unspecified atom stereocenters. The number of aryl methyl sites for hydroxylation is 1. The third kappa shape index (κ3) is 3.52. The van der Waals surface area contributed by atoms with Gasteiger partial charge in [0, 0.05) is 30.4 Å². The predicted molar refractivity (Wildman–Crippen MR) is 77.7 cm³/mol. The lowest BCUT2D eigenvalue weighted by molar-refractivity contribution is -0.131. The Morgan fingerprint density at radius 3 is 2.67 bits per heavy atom. The number of carbonyl (C=O) groups is 1. The lowest BCUT2D eigenvalue weighted by Crippen LogP contribution is -2.40. The minimum absolute atomic E-state index is 0. The van der Waals surface area contributed by atoms with E-state index >= 15 is 0 Å². The minimum Gasteiger partial charge on any atom is -0.338 e. The average Bonchev–Trinajstić information content (AvgIpc) is 2.97. The molecule has 1 amide bonds. The fraction of sp³-hybridized carbons (Fsp3) is 0.692. The van der Waals surface area contributed by atoms with Crippen LogP contribution < -0.4 is 5.73 Å². The van der Waals surface area contributed by atoms with Crippen molar-refractivity contribution in [1.82, 2.24) is 14.7 Å². The molecule has 5 nitrogen and oxygen atoms in total. The van der Waals surface area contributed by atoms with E-state index in [0.29, 0.717) is 34.7 Å². The van der Waals surface area contributed by atoms with Gasteiger partial charge in [0.2, 0.25) is 5.91 Å². The van der Waals surface area contributed by atoms with Gasteiger partial charge in [0.05, 0.1) is 12.1 Å². The molecule has 1 fully saturated rings. The molecule has 2 heterocycles. The van der Waals surface area contributed by atoms with Crippen LogP contribution in [0.5, 0.6) is 0 Å². The number of nitrogens with zero attached hydrogens (tertiary/aromatic N) is 3. The van der Waals surface area contributed by atoms with E-state index in [9.17, 15) is 13.6 Å². The van der Waals surface area contributed by atoms with Gasteiger partial charge in [-0.15, -0.1) is 12.4 Å². The zero-order valence-corrected chi connectivity index (χ0v) is 13.0. The number of nitrogens with two attached hydrogens (primary N) is 1. The Balaban J connectivity index is 0.00000220. The number of carbonyl (C=O) groups excluding carboxylic acids is 1. The van der Waals surface area contributed by atoms with Gasteiger partial charge in [0.1, 0.15) is 0 Å². The number of amides is 1. The molecular formula is C13H21ClF2N4O. The summed E-state index contributed by atoms with van der Waals surface area (Å²) in [4.78, 5) is 14.1. The van der Waals surface area contributed by atoms with Crippen molar-refractivity contribution in [2.75, 3.05) is 13.1 Å². The number of alkyl halides is 2. The molecule has 2 N–H and O–H groups in total. The van der Waals surface area contributed by atoms with Crippen LogP contribution in [0.15, 0.2) is 0 Å². The zero-order valence-electron chi connectivity index (χ0n) is 12.2. The second kappa shape index (κ2) is 7.17. The van der Waals surface area contributed by atoms with Crippen molar-refractivity contribution in [3.8, 4) is 0 Å². The Kier molecular flexibility index (Phi) is 6.10. The van der Waals surface area contributed by atoms with Crippen LogP contribution in [0, 0.1) is 13.8 Å². The SMILES string of the molecule is Cc1nn(C(F)F)c(C)c1CC(=O)N1CCCC1CN.Cl. The van der Waals surface area contributed by atoms with Gasteiger partial charge >= 0.3 is 6.55 Å². The smallest absolute Gasteiger partial charge is 0.333 e. The molecule has 0 spiro atoms. The van der Waals surface area contributed by atoms with E-state index in [4.69, 9.17) is 5.73 Å². The monoisotopic (exact) mass is 322 g/mol. The second-order valence-corrected chi connectivity index (χ2v) is 5.17. The molecule has 21 heavy (non-hydrogen) atoms. The third-order valence-corrected chi connectivity index (χ3v) is 3.96. The molecule has 1 atom stereocenters. The van der Waals surface area contributed by atoms with Gasteiger partial charge < -0.3 is 10.6 Å². The first-order chi connectivity index (χ1) is 9.45. The highest BCUT2D eigenvalue weighted by Gasteiger charge is 2.29. The van der Waals surface area contributed by atoms with E-state index in [1.807, 2.05) is 0 Å². The molecule has 1 aromatic heterocycles. The first-order valence-electron chi connectivity index (χ1n) is 6.78. The lowest BCUT2D eigenvalue weighted by atomic mass is 10.1. The average molecular weight is 323 g/mol. The fourth-order valence-electron chi connectivity index (χ4n) is 2.80. The first-order valence-corrected chi connectivity index (χ1v) is 6.78. The minimum atomic E-state index is -2.68. The summed E-state index contributed by atoms with van der Waals surface area (Å²) < 4.78 is 26.2. The Morgan fingerprint density at radius 1 is 1.48 bits per heavy atom. The second-order valence-electron chi connectivity index (χ2n) is 5.17. The highest BCUT2D eigenvalue weighted by atomic mass is 35.5. The van der Waals surface area contributed by atoms with Crippen molar-refractivity contribution in [3.05, 3.63) is 17.0 Å². The van der Waals surface area contributed by atoms with E-state index in [1.54, 1.807) is 18.7 Å². The largest absolute Gasteiger partial charge is 0.338 e. The Bertz CT molecular complexity index is 507. The Hall–Kier alpha value is -1.21. The van der Waals surface area contributed by atoms with E-state index in [-0.39, 0.29) is 30.8 Å². The molecule has 0 aliphatic carbocycles. The molecule has 2 rings (SSSR count). The van der Waals surface area contributed by atoms with Crippen LogP contribution in [0.25, 0.3) is 0 Å². The number of halogens is 3. The summed E-state index contributed by atoms with van der Waals surface area (Å²) in [6.07, 6.45) is 1.97. The molecule has 0 aromatic carbocycles. The molecule has 1 saturated heterocycles. The van der Waals surface area contributed by atoms with Crippen LogP contribution in [-0.4, -0.2) is 39.7 Å². The summed E-state index contributed by atoms with van der Waals surface area (Å²) in [6.45, 7) is 1.68. The van der Waals surface area contributed by atoms with Crippen molar-refractivity contribution in [3.63, 3.8) is 0 Å². The summed E-state index contributed by atoms with van der Waals surface area (Å²) >= 11 is 0. The van der Waals surface area contributed by atoms with E-state index in [0.717, 1.165) is 12.8 Å². The number of hydrogen-bond donors (Lipinski definition) is 1. The Labute approximate surface area is 128 Å². The summed E-state index contributed by atoms with van der Waals surface area (Å²) in [5.74, 6) is -0.0574. The third-order valence-electron chi connectivity index (χ3n) is 3.96. The van der Waals surface area contributed by atoms with Crippen molar-refractivity contribution < 1.29 is 13.6 Å². The highest BCUT2D eigenvalue weighted by molar-refractivity contribution is 5.85. The summed E-state index contributed by atoms with van der Waals surface area (Å²) in [5, 5.41) is 3.80. The van der Waals surface area contributed by atoms with Crippen molar-refractivity contribution >= 4 is 18.3 Å². The molecule has 120 valence electrons. The molecule has 0 radical (unpaired) electrons. The van der Waals surface area contributed by atoms with E-state index in [2.05, 4.69) is 5.10 Å². The number of likely N-dealkylation sites (tertiary alicyclic amines) is 1. The molecule has 8 heteroatoms. The van der Waals surface area contributed by atoms with Crippen LogP contribution in [0.3, 0.4) is 0 Å². The van der Waals surface area contributed by atoms with Crippen molar-refractivity contribution in [1.29, 1.82) is 0 Å². The van der Waals surface area contributed by atoms with E-state index in [1.165, 1.54) is 0 Å². The van der Waals surface area contributed by atoms with Crippen LogP contribution in [-0.2, 0) is 11.2 Å². The number of hydrogen-bond acceptors (Lipinski definition) is 3. The molecular weight excluding hydrogens is 302 g/mol. The first kappa shape index (κ1) is 17.8. The van der Waals surface area contributed by atoms with Crippen LogP contribution >= 0.6 is 12.4 Å². The predicted octanol–water partition coefficient (Wildman–Crippen LogP) is 1.81. The van der Waals surface area contributed by atoms with Crippen LogP contribution in [0.4, 0.5) is 8.78 Å². The summed E-state index contributed by atoms with van der Waals surface area (Å²) in [5.41, 5.74) is 7.09. The van der Waals surface area contributed by atoms with Crippen LogP contribution in [0.1, 0.15) is 36.3 Å². The standard InChI is InChI=1S/C13H20F2N4O.ClH/c1-8-11(9(2)19(17-8)13(14)15)6-12(20)18-5-3-4-10(18)7-16;/h10,13H,3-7,16H2,1-2H3;1H. The summed E-state index contributed by atoms with van der Waals surface area (Å²) in [7, 11) is 0. The maximum atomic E-state index is 12.8. The molecule has 0 saturated carbocycles. The highest BCUT2D eigenvalue weighted by Crippen LogP contribution is 2.22. The maximum absolute atomic E-state index is 12.8. The van der Waals surface area contributed by atoms with Crippen LogP contribution in [0.2, 0.25) is 0 Å². The molecule has 1 aromatic rings. The maximum Gasteiger partial charge on any atom is 0.333 e. The van der Waals surface area contributed by atoms with Gasteiger partial charge in [-0.05, 0) is 26.7 Å². The van der Waals surface area contributed by atoms with Gasteiger partial charge in [-0.2, -0.15) is 13.9 Å². The topological polar surface area (TPSA) is 64.2 Å². The normalized spacial score (nSPS) is 18.2. The lowest BCUT2D eigenvalue weighted by Gasteiger charge is -2.23. The van der Waals surface area contributed by atoms with Gasteiger partial charge in [0.15, 0.2) is 0 Å². The Morgan fingerprint density at radius 2 is 2.14 bits per heavy atom. The summed E-state index contributed by atoms with van der Waals surface area (Å²) in [6, 6.07) is 0.0771. The van der Waals surface area contributed by atoms with Gasteiger partial charge in [0.25, 0.3) is 0 Å². The fourth-order valence-corrected chi connectivity index (χ4v) is 2.80. The molecule has 0 bridgehead atoms. The van der Waals surface area contributed by atoms with Gasteiger partial charge in [-0.1, -0.05) is 0 Å². The molecule has 1 aliphatic rings. The quantitative estimate of drug-likeness (QED) is 0.919. The van der Waals surface area contributed by atoms with E-state index < -0.39 is 6.55 Å². The van der Waals surface area contributed by atoms with Gasteiger partial charge in [-0.3, -0.25) is 4.79 Å². The number of rotatable bonds is 4. The van der Waals surface area contributed by atoms with Crippen molar-refractivity contribution in [2.24, 2.45) is 5.73 Å². The molecule has 1 aliphatic heterocycles. The van der Waals surface area contributed by atoms with Crippen molar-refractivity contribution in [2.45, 2.75) is 45.7 Å².